The Morgan fingerprint density at radius 2 is 1.22 bits per heavy atom. The zero-order chi connectivity index (χ0) is 23.5. The Hall–Kier alpha value is -2.98. The molecule has 2 N–H and O–H groups in total. The number of sulfonamides is 2. The lowest BCUT2D eigenvalue weighted by Crippen LogP contribution is -2.16. The van der Waals surface area contributed by atoms with E-state index in [2.05, 4.69) is 33.3 Å². The number of rotatable bonds is 8. The molecule has 8 nitrogen and oxygen atoms in total. The third kappa shape index (κ3) is 6.04. The molecule has 0 spiro atoms. The lowest BCUT2D eigenvalue weighted by atomic mass is 10.0. The molecule has 0 saturated carbocycles. The van der Waals surface area contributed by atoms with E-state index in [0.717, 1.165) is 12.0 Å². The van der Waals surface area contributed by atoms with Gasteiger partial charge in [0.2, 0.25) is 5.95 Å². The van der Waals surface area contributed by atoms with Crippen molar-refractivity contribution in [3.8, 4) is 0 Å². The van der Waals surface area contributed by atoms with Gasteiger partial charge in [-0.15, -0.1) is 0 Å². The second-order valence-electron chi connectivity index (χ2n) is 7.95. The number of benzene rings is 2. The van der Waals surface area contributed by atoms with Crippen LogP contribution in [0.1, 0.15) is 30.8 Å². The van der Waals surface area contributed by atoms with E-state index >= 15 is 0 Å². The number of hydrogen-bond acceptors (Lipinski definition) is 6. The number of anilines is 2. The molecule has 2 aromatic carbocycles. The number of nitrogens with zero attached hydrogens (tertiary/aromatic N) is 2. The molecule has 0 aliphatic rings. The molecule has 10 heteroatoms. The van der Waals surface area contributed by atoms with E-state index in [0.29, 0.717) is 17.3 Å². The summed E-state index contributed by atoms with van der Waals surface area (Å²) >= 11 is 0. The van der Waals surface area contributed by atoms with Crippen LogP contribution in [0.15, 0.2) is 64.4 Å². The molecule has 0 aliphatic heterocycles. The van der Waals surface area contributed by atoms with Gasteiger partial charge in [-0.2, -0.15) is 0 Å². The van der Waals surface area contributed by atoms with Crippen LogP contribution >= 0.6 is 0 Å². The fourth-order valence-corrected chi connectivity index (χ4v) is 5.15. The Morgan fingerprint density at radius 3 is 1.72 bits per heavy atom. The second-order valence-corrected chi connectivity index (χ2v) is 11.3. The summed E-state index contributed by atoms with van der Waals surface area (Å²) in [5.41, 5.74) is 2.58. The minimum absolute atomic E-state index is 0.0202. The summed E-state index contributed by atoms with van der Waals surface area (Å²) in [6.07, 6.45) is 0.866. The van der Waals surface area contributed by atoms with Crippen LogP contribution in [0.3, 0.4) is 0 Å². The minimum atomic E-state index is -3.93. The summed E-state index contributed by atoms with van der Waals surface area (Å²) in [4.78, 5) is 8.24. The largest absolute Gasteiger partial charge is 0.280 e. The van der Waals surface area contributed by atoms with Crippen molar-refractivity contribution in [2.24, 2.45) is 5.92 Å². The van der Waals surface area contributed by atoms with Gasteiger partial charge in [0.25, 0.3) is 20.0 Å². The van der Waals surface area contributed by atoms with Crippen molar-refractivity contribution in [1.29, 1.82) is 0 Å². The Morgan fingerprint density at radius 1 is 0.750 bits per heavy atom. The standard InChI is InChI=1S/C22H26N4O4S2/c1-15(2)13-18-5-9-20(10-6-18)31(27,28)25-19-7-11-21(12-8-19)32(29,30)26-22-23-16(3)14-17(4)24-22/h5-12,14-15,25H,13H2,1-4H3,(H,23,24,26). The van der Waals surface area contributed by atoms with Crippen LogP contribution < -0.4 is 9.44 Å². The van der Waals surface area contributed by atoms with Crippen molar-refractivity contribution in [2.75, 3.05) is 9.44 Å². The monoisotopic (exact) mass is 474 g/mol. The Bertz CT molecular complexity index is 1280. The zero-order valence-electron chi connectivity index (χ0n) is 18.3. The maximum absolute atomic E-state index is 12.7. The first-order valence-corrected chi connectivity index (χ1v) is 13.0. The molecule has 3 rings (SSSR count). The highest BCUT2D eigenvalue weighted by Gasteiger charge is 2.18. The Balaban J connectivity index is 1.74. The maximum Gasteiger partial charge on any atom is 0.264 e. The van der Waals surface area contributed by atoms with Crippen LogP contribution in [0, 0.1) is 19.8 Å². The fraction of sp³-hybridized carbons (Fsp3) is 0.273. The average molecular weight is 475 g/mol. The van der Waals surface area contributed by atoms with Crippen LogP contribution in [0.4, 0.5) is 11.6 Å². The van der Waals surface area contributed by atoms with E-state index in [1.165, 1.54) is 24.3 Å². The number of nitrogens with one attached hydrogen (secondary N) is 2. The van der Waals surface area contributed by atoms with Gasteiger partial charge in [-0.25, -0.2) is 31.5 Å². The molecule has 0 amide bonds. The fourth-order valence-electron chi connectivity index (χ4n) is 3.14. The molecule has 0 unspecified atom stereocenters. The van der Waals surface area contributed by atoms with Gasteiger partial charge in [0.1, 0.15) is 0 Å². The molecule has 32 heavy (non-hydrogen) atoms. The predicted molar refractivity (Wildman–Crippen MR) is 125 cm³/mol. The summed E-state index contributed by atoms with van der Waals surface area (Å²) in [5.74, 6) is 0.453. The van der Waals surface area contributed by atoms with Crippen molar-refractivity contribution in [1.82, 2.24) is 9.97 Å². The summed E-state index contributed by atoms with van der Waals surface area (Å²) < 4.78 is 55.4. The molecule has 0 radical (unpaired) electrons. The molecule has 0 bridgehead atoms. The van der Waals surface area contributed by atoms with Gasteiger partial charge in [-0.05, 0) is 74.2 Å². The molecule has 0 saturated heterocycles. The van der Waals surface area contributed by atoms with Crippen LogP contribution in [0.2, 0.25) is 0 Å². The van der Waals surface area contributed by atoms with Crippen LogP contribution in [-0.4, -0.2) is 26.8 Å². The smallest absolute Gasteiger partial charge is 0.264 e. The third-order valence-corrected chi connectivity index (χ3v) is 7.24. The van der Waals surface area contributed by atoms with E-state index in [1.54, 1.807) is 44.2 Å². The van der Waals surface area contributed by atoms with Crippen LogP contribution in [-0.2, 0) is 26.5 Å². The highest BCUT2D eigenvalue weighted by molar-refractivity contribution is 7.93. The lowest BCUT2D eigenvalue weighted by Gasteiger charge is -2.11. The van der Waals surface area contributed by atoms with Crippen LogP contribution in [0.25, 0.3) is 0 Å². The quantitative estimate of drug-likeness (QED) is 0.511. The summed E-state index contributed by atoms with van der Waals surface area (Å²) in [7, 11) is -7.73. The van der Waals surface area contributed by atoms with E-state index in [4.69, 9.17) is 0 Å². The summed E-state index contributed by atoms with van der Waals surface area (Å²) in [6, 6.07) is 13.9. The van der Waals surface area contributed by atoms with Gasteiger partial charge in [-0.1, -0.05) is 26.0 Å². The lowest BCUT2D eigenvalue weighted by molar-refractivity contribution is 0.599. The molecule has 0 fully saturated rings. The first-order chi connectivity index (χ1) is 14.9. The van der Waals surface area contributed by atoms with Gasteiger partial charge in [0.15, 0.2) is 0 Å². The predicted octanol–water partition coefficient (Wildman–Crippen LogP) is 3.89. The van der Waals surface area contributed by atoms with Gasteiger partial charge in [0.05, 0.1) is 9.79 Å². The number of aromatic nitrogens is 2. The van der Waals surface area contributed by atoms with E-state index in [1.807, 2.05) is 0 Å². The molecule has 0 atom stereocenters. The first-order valence-electron chi connectivity index (χ1n) is 10.0. The summed E-state index contributed by atoms with van der Waals surface area (Å²) in [6.45, 7) is 7.68. The molecule has 3 aromatic rings. The molecule has 1 heterocycles. The van der Waals surface area contributed by atoms with Crippen molar-refractivity contribution < 1.29 is 16.8 Å². The Labute approximate surface area is 189 Å². The minimum Gasteiger partial charge on any atom is -0.280 e. The van der Waals surface area contributed by atoms with Gasteiger partial charge < -0.3 is 0 Å². The summed E-state index contributed by atoms with van der Waals surface area (Å²) in [5, 5.41) is 0. The molecule has 170 valence electrons. The second kappa shape index (κ2) is 9.25. The third-order valence-electron chi connectivity index (χ3n) is 4.50. The SMILES string of the molecule is Cc1cc(C)nc(NS(=O)(=O)c2ccc(NS(=O)(=O)c3ccc(CC(C)C)cc3)cc2)n1. The molecular formula is C22H26N4O4S2. The topological polar surface area (TPSA) is 118 Å². The van der Waals surface area contributed by atoms with Gasteiger partial charge in [0, 0.05) is 17.1 Å². The number of hydrogen-bond donors (Lipinski definition) is 2. The van der Waals surface area contributed by atoms with Crippen molar-refractivity contribution in [3.05, 3.63) is 71.5 Å². The van der Waals surface area contributed by atoms with E-state index in [-0.39, 0.29) is 21.4 Å². The molecule has 1 aromatic heterocycles. The first kappa shape index (κ1) is 23.7. The average Bonchev–Trinajstić information content (AvgIpc) is 2.67. The molecule has 0 aliphatic carbocycles. The van der Waals surface area contributed by atoms with E-state index < -0.39 is 20.0 Å². The van der Waals surface area contributed by atoms with Crippen molar-refractivity contribution >= 4 is 31.7 Å². The normalized spacial score (nSPS) is 12.0. The maximum atomic E-state index is 12.7. The van der Waals surface area contributed by atoms with E-state index in [9.17, 15) is 16.8 Å². The zero-order valence-corrected chi connectivity index (χ0v) is 20.0. The highest BCUT2D eigenvalue weighted by Crippen LogP contribution is 2.21. The van der Waals surface area contributed by atoms with Crippen LogP contribution in [0.5, 0.6) is 0 Å². The van der Waals surface area contributed by atoms with Gasteiger partial charge in [-0.3, -0.25) is 4.72 Å². The van der Waals surface area contributed by atoms with Crippen molar-refractivity contribution in [2.45, 2.75) is 43.9 Å². The van der Waals surface area contributed by atoms with Crippen molar-refractivity contribution in [3.63, 3.8) is 0 Å². The number of aryl methyl sites for hydroxylation is 2. The molecular weight excluding hydrogens is 448 g/mol. The van der Waals surface area contributed by atoms with Gasteiger partial charge >= 0.3 is 0 Å². The Kier molecular flexibility index (Phi) is 6.85. The highest BCUT2D eigenvalue weighted by atomic mass is 32.2.